The van der Waals surface area contributed by atoms with E-state index < -0.39 is 0 Å². The van der Waals surface area contributed by atoms with E-state index in [9.17, 15) is 15.0 Å². The van der Waals surface area contributed by atoms with E-state index in [1.807, 2.05) is 0 Å². The number of carbonyl (C=O) groups excluding carboxylic acids is 1. The van der Waals surface area contributed by atoms with Gasteiger partial charge in [-0.2, -0.15) is 0 Å². The number of Topliss-reactive ketones (excluding diaryl/α,β-unsaturated/α-hetero) is 1. The van der Waals surface area contributed by atoms with Crippen molar-refractivity contribution in [1.29, 1.82) is 0 Å². The highest BCUT2D eigenvalue weighted by Crippen LogP contribution is 2.68. The fraction of sp³-hybridized carbons (Fsp3) is 0.889. The summed E-state index contributed by atoms with van der Waals surface area (Å²) < 4.78 is 0. The van der Waals surface area contributed by atoms with Crippen LogP contribution in [-0.2, 0) is 4.79 Å². The SMILES string of the molecule is C[C@H]1CN[C@H]([C@@H](C)[C@H]2CC[C@H]3[C@@H]4CCC5=C(O)C(=O)CC[C@]5(C)[C@H]4CC[C@]23C)[C@@H](O)C1. The van der Waals surface area contributed by atoms with Crippen molar-refractivity contribution in [3.63, 3.8) is 0 Å². The molecule has 0 aromatic rings. The first kappa shape index (κ1) is 21.9. The Balaban J connectivity index is 1.38. The third-order valence-corrected chi connectivity index (χ3v) is 11.1. The molecule has 3 saturated carbocycles. The minimum absolute atomic E-state index is 0.0171. The molecule has 0 aromatic heterocycles. The molecule has 10 atom stereocenters. The molecule has 1 saturated heterocycles. The summed E-state index contributed by atoms with van der Waals surface area (Å²) in [7, 11) is 0. The summed E-state index contributed by atoms with van der Waals surface area (Å²) >= 11 is 0. The standard InChI is InChI=1S/C27H43NO3/c1-15-13-23(30)24(28-14-15)16(2)18-7-8-19-17-5-6-21-25(31)22(29)10-12-27(21,4)20(17)9-11-26(18,19)3/h15-20,23-24,28,30-31H,5-14H2,1-4H3/t15-,16+,17+,18-,19+,20+,23+,24-,26-,27-/m1/s1. The lowest BCUT2D eigenvalue weighted by Crippen LogP contribution is -2.56. The van der Waals surface area contributed by atoms with E-state index in [0.717, 1.165) is 49.6 Å². The van der Waals surface area contributed by atoms with Gasteiger partial charge < -0.3 is 15.5 Å². The van der Waals surface area contributed by atoms with Gasteiger partial charge in [-0.1, -0.05) is 27.7 Å². The van der Waals surface area contributed by atoms with Crippen LogP contribution in [0, 0.1) is 46.3 Å². The zero-order valence-electron chi connectivity index (χ0n) is 20.0. The number of fused-ring (bicyclic) bond motifs is 5. The van der Waals surface area contributed by atoms with Crippen molar-refractivity contribution in [3.05, 3.63) is 11.3 Å². The lowest BCUT2D eigenvalue weighted by atomic mass is 9.46. The van der Waals surface area contributed by atoms with Crippen molar-refractivity contribution >= 4 is 5.78 Å². The normalized spacial score (nSPS) is 51.1. The molecular weight excluding hydrogens is 386 g/mol. The number of piperidine rings is 1. The summed E-state index contributed by atoms with van der Waals surface area (Å²) in [5.41, 5.74) is 1.46. The first-order chi connectivity index (χ1) is 14.7. The molecule has 4 heteroatoms. The molecule has 3 N–H and O–H groups in total. The quantitative estimate of drug-likeness (QED) is 0.577. The molecule has 0 amide bonds. The van der Waals surface area contributed by atoms with Crippen molar-refractivity contribution in [2.24, 2.45) is 46.3 Å². The van der Waals surface area contributed by atoms with Crippen LogP contribution in [0.2, 0.25) is 0 Å². The molecule has 1 aliphatic heterocycles. The van der Waals surface area contributed by atoms with Gasteiger partial charge in [-0.3, -0.25) is 4.79 Å². The largest absolute Gasteiger partial charge is 0.504 e. The van der Waals surface area contributed by atoms with Gasteiger partial charge in [-0.25, -0.2) is 0 Å². The van der Waals surface area contributed by atoms with Gasteiger partial charge in [0.25, 0.3) is 0 Å². The molecule has 4 fully saturated rings. The second-order valence-electron chi connectivity index (χ2n) is 12.5. The molecule has 0 radical (unpaired) electrons. The van der Waals surface area contributed by atoms with Crippen LogP contribution < -0.4 is 5.32 Å². The second kappa shape index (κ2) is 7.58. The lowest BCUT2D eigenvalue weighted by Gasteiger charge is -2.59. The number of ketones is 1. The van der Waals surface area contributed by atoms with Crippen LogP contribution in [0.25, 0.3) is 0 Å². The number of aliphatic hydroxyl groups is 2. The predicted molar refractivity (Wildman–Crippen MR) is 123 cm³/mol. The molecule has 4 aliphatic carbocycles. The third-order valence-electron chi connectivity index (χ3n) is 11.1. The summed E-state index contributed by atoms with van der Waals surface area (Å²) in [6, 6.07) is 0.231. The van der Waals surface area contributed by atoms with Crippen LogP contribution in [0.3, 0.4) is 0 Å². The first-order valence-corrected chi connectivity index (χ1v) is 13.0. The van der Waals surface area contributed by atoms with E-state index >= 15 is 0 Å². The maximum atomic E-state index is 12.2. The Hall–Kier alpha value is -0.870. The van der Waals surface area contributed by atoms with E-state index in [1.54, 1.807) is 0 Å². The number of rotatable bonds is 2. The summed E-state index contributed by atoms with van der Waals surface area (Å²) in [4.78, 5) is 12.2. The minimum Gasteiger partial charge on any atom is -0.504 e. The Kier molecular flexibility index (Phi) is 5.37. The van der Waals surface area contributed by atoms with Crippen LogP contribution in [-0.4, -0.2) is 34.7 Å². The van der Waals surface area contributed by atoms with Gasteiger partial charge in [0.1, 0.15) is 0 Å². The van der Waals surface area contributed by atoms with E-state index in [1.165, 1.54) is 25.7 Å². The maximum Gasteiger partial charge on any atom is 0.197 e. The average molecular weight is 430 g/mol. The highest BCUT2D eigenvalue weighted by molar-refractivity contribution is 5.95. The molecule has 0 aromatic carbocycles. The summed E-state index contributed by atoms with van der Waals surface area (Å²) in [5.74, 6) is 3.89. The number of aliphatic hydroxyl groups excluding tert-OH is 2. The molecule has 174 valence electrons. The van der Waals surface area contributed by atoms with Crippen LogP contribution in [0.5, 0.6) is 0 Å². The molecule has 0 bridgehead atoms. The number of carbonyl (C=O) groups is 1. The monoisotopic (exact) mass is 429 g/mol. The van der Waals surface area contributed by atoms with Crippen molar-refractivity contribution in [3.8, 4) is 0 Å². The van der Waals surface area contributed by atoms with Crippen LogP contribution in [0.15, 0.2) is 11.3 Å². The Bertz CT molecular complexity index is 776. The zero-order chi connectivity index (χ0) is 22.1. The molecule has 0 spiro atoms. The maximum absolute atomic E-state index is 12.2. The van der Waals surface area contributed by atoms with Gasteiger partial charge in [0.2, 0.25) is 0 Å². The van der Waals surface area contributed by atoms with E-state index in [-0.39, 0.29) is 29.1 Å². The van der Waals surface area contributed by atoms with Crippen LogP contribution >= 0.6 is 0 Å². The van der Waals surface area contributed by atoms with Crippen molar-refractivity contribution in [2.45, 2.75) is 97.6 Å². The number of hydrogen-bond donors (Lipinski definition) is 3. The van der Waals surface area contributed by atoms with E-state index in [0.29, 0.717) is 35.5 Å². The lowest BCUT2D eigenvalue weighted by molar-refractivity contribution is -0.122. The summed E-state index contributed by atoms with van der Waals surface area (Å²) in [6.07, 6.45) is 9.26. The second-order valence-corrected chi connectivity index (χ2v) is 12.5. The van der Waals surface area contributed by atoms with E-state index in [2.05, 4.69) is 33.0 Å². The van der Waals surface area contributed by atoms with Gasteiger partial charge in [0.05, 0.1) is 6.10 Å². The third kappa shape index (κ3) is 3.18. The van der Waals surface area contributed by atoms with Crippen molar-refractivity contribution in [2.75, 3.05) is 6.54 Å². The average Bonchev–Trinajstić information content (AvgIpc) is 3.08. The fourth-order valence-electron chi connectivity index (χ4n) is 9.49. The first-order valence-electron chi connectivity index (χ1n) is 13.0. The van der Waals surface area contributed by atoms with Gasteiger partial charge in [0.15, 0.2) is 11.5 Å². The Morgan fingerprint density at radius 1 is 1.06 bits per heavy atom. The minimum atomic E-state index is -0.221. The highest BCUT2D eigenvalue weighted by atomic mass is 16.3. The summed E-state index contributed by atoms with van der Waals surface area (Å²) in [5, 5.41) is 25.1. The molecule has 5 aliphatic rings. The van der Waals surface area contributed by atoms with Crippen molar-refractivity contribution in [1.82, 2.24) is 5.32 Å². The van der Waals surface area contributed by atoms with Gasteiger partial charge in [-0.05, 0) is 110 Å². The zero-order valence-corrected chi connectivity index (χ0v) is 20.0. The Labute approximate surface area is 188 Å². The highest BCUT2D eigenvalue weighted by Gasteiger charge is 2.60. The topological polar surface area (TPSA) is 69.6 Å². The molecule has 4 nitrogen and oxygen atoms in total. The number of nitrogens with one attached hydrogen (secondary N) is 1. The molecule has 1 heterocycles. The van der Waals surface area contributed by atoms with Crippen molar-refractivity contribution < 1.29 is 15.0 Å². The number of allylic oxidation sites excluding steroid dienone is 1. The predicted octanol–water partition coefficient (Wildman–Crippen LogP) is 5.02. The van der Waals surface area contributed by atoms with E-state index in [4.69, 9.17) is 0 Å². The molecule has 5 rings (SSSR count). The molecule has 0 unspecified atom stereocenters. The Morgan fingerprint density at radius 2 is 1.84 bits per heavy atom. The Morgan fingerprint density at radius 3 is 2.58 bits per heavy atom. The number of hydrogen-bond acceptors (Lipinski definition) is 4. The summed E-state index contributed by atoms with van der Waals surface area (Å²) in [6.45, 7) is 10.6. The van der Waals surface area contributed by atoms with Crippen LogP contribution in [0.4, 0.5) is 0 Å². The van der Waals surface area contributed by atoms with Gasteiger partial charge in [-0.15, -0.1) is 0 Å². The van der Waals surface area contributed by atoms with Crippen LogP contribution in [0.1, 0.15) is 85.5 Å². The smallest absolute Gasteiger partial charge is 0.197 e. The molecule has 31 heavy (non-hydrogen) atoms. The molecular formula is C27H43NO3. The van der Waals surface area contributed by atoms with Gasteiger partial charge >= 0.3 is 0 Å². The fourth-order valence-corrected chi connectivity index (χ4v) is 9.49. The van der Waals surface area contributed by atoms with Gasteiger partial charge in [0, 0.05) is 12.5 Å².